The lowest BCUT2D eigenvalue weighted by atomic mass is 10.1. The van der Waals surface area contributed by atoms with Gasteiger partial charge in [0.05, 0.1) is 16.8 Å². The summed E-state index contributed by atoms with van der Waals surface area (Å²) < 4.78 is 40.7. The lowest BCUT2D eigenvalue weighted by Gasteiger charge is -2.17. The highest BCUT2D eigenvalue weighted by Crippen LogP contribution is 2.22. The Morgan fingerprint density at radius 3 is 2.42 bits per heavy atom. The number of aromatic nitrogens is 1. The Bertz CT molecular complexity index is 846. The van der Waals surface area contributed by atoms with Gasteiger partial charge in [-0.2, -0.15) is 0 Å². The van der Waals surface area contributed by atoms with Crippen LogP contribution in [0.15, 0.2) is 41.4 Å². The van der Waals surface area contributed by atoms with E-state index in [9.17, 15) is 12.8 Å². The third-order valence-electron chi connectivity index (χ3n) is 4.66. The molecule has 140 valence electrons. The third-order valence-corrected chi connectivity index (χ3v) is 6.04. The molecule has 1 fully saturated rings. The average Bonchev–Trinajstić information content (AvgIpc) is 2.87. The number of nitrogens with zero attached hydrogens (tertiary/aromatic N) is 1. The lowest BCUT2D eigenvalue weighted by Crippen LogP contribution is -2.19. The van der Waals surface area contributed by atoms with Crippen LogP contribution in [0.3, 0.4) is 0 Å². The van der Waals surface area contributed by atoms with E-state index in [4.69, 9.17) is 0 Å². The Kier molecular flexibility index (Phi) is 5.76. The van der Waals surface area contributed by atoms with E-state index < -0.39 is 15.8 Å². The quantitative estimate of drug-likeness (QED) is 0.755. The Morgan fingerprint density at radius 1 is 1.08 bits per heavy atom. The van der Waals surface area contributed by atoms with Crippen LogP contribution in [0.2, 0.25) is 0 Å². The van der Waals surface area contributed by atoms with Gasteiger partial charge in [-0.3, -0.25) is 4.72 Å². The standard InChI is InChI=1S/C19H24FN3O2S/c1-14-12-17(9-10-18(14)20)26(24,25)23-16-8-11-19(21-13-16)22-15-6-4-2-3-5-7-15/h8-13,15,23H,2-7H2,1H3,(H,21,22). The van der Waals surface area contributed by atoms with Gasteiger partial charge in [0.25, 0.3) is 10.0 Å². The van der Waals surface area contributed by atoms with Crippen molar-refractivity contribution in [2.75, 3.05) is 10.0 Å². The fourth-order valence-corrected chi connectivity index (χ4v) is 4.30. The molecule has 1 aromatic heterocycles. The summed E-state index contributed by atoms with van der Waals surface area (Å²) >= 11 is 0. The van der Waals surface area contributed by atoms with Gasteiger partial charge in [-0.05, 0) is 55.7 Å². The molecule has 2 N–H and O–H groups in total. The summed E-state index contributed by atoms with van der Waals surface area (Å²) in [4.78, 5) is 4.34. The summed E-state index contributed by atoms with van der Waals surface area (Å²) in [6.07, 6.45) is 8.80. The molecule has 0 bridgehead atoms. The largest absolute Gasteiger partial charge is 0.367 e. The summed E-state index contributed by atoms with van der Waals surface area (Å²) in [6, 6.07) is 7.60. The zero-order valence-electron chi connectivity index (χ0n) is 14.8. The van der Waals surface area contributed by atoms with Crippen LogP contribution in [0.25, 0.3) is 0 Å². The summed E-state index contributed by atoms with van der Waals surface area (Å²) in [5.41, 5.74) is 0.660. The van der Waals surface area contributed by atoms with Crippen molar-refractivity contribution < 1.29 is 12.8 Å². The van der Waals surface area contributed by atoms with Crippen LogP contribution in [0.5, 0.6) is 0 Å². The molecule has 1 heterocycles. The molecule has 0 atom stereocenters. The summed E-state index contributed by atoms with van der Waals surface area (Å²) in [6.45, 7) is 1.53. The van der Waals surface area contributed by atoms with E-state index in [0.717, 1.165) is 24.7 Å². The van der Waals surface area contributed by atoms with E-state index in [1.54, 1.807) is 12.1 Å². The van der Waals surface area contributed by atoms with E-state index in [0.29, 0.717) is 11.7 Å². The first-order valence-corrected chi connectivity index (χ1v) is 10.4. The van der Waals surface area contributed by atoms with Gasteiger partial charge in [0.2, 0.25) is 0 Å². The SMILES string of the molecule is Cc1cc(S(=O)(=O)Nc2ccc(NC3CCCCCC3)nc2)ccc1F. The molecule has 0 radical (unpaired) electrons. The number of halogens is 1. The second-order valence-electron chi connectivity index (χ2n) is 6.78. The topological polar surface area (TPSA) is 71.1 Å². The number of benzene rings is 1. The number of pyridine rings is 1. The van der Waals surface area contributed by atoms with Crippen LogP contribution in [0, 0.1) is 12.7 Å². The maximum Gasteiger partial charge on any atom is 0.261 e. The number of hydrogen-bond donors (Lipinski definition) is 2. The first-order valence-electron chi connectivity index (χ1n) is 8.95. The number of nitrogens with one attached hydrogen (secondary N) is 2. The van der Waals surface area contributed by atoms with Crippen molar-refractivity contribution in [2.24, 2.45) is 0 Å². The molecule has 0 saturated heterocycles. The van der Waals surface area contributed by atoms with Crippen LogP contribution >= 0.6 is 0 Å². The van der Waals surface area contributed by atoms with E-state index in [2.05, 4.69) is 15.0 Å². The van der Waals surface area contributed by atoms with E-state index in [-0.39, 0.29) is 10.5 Å². The van der Waals surface area contributed by atoms with Crippen LogP contribution in [-0.4, -0.2) is 19.4 Å². The van der Waals surface area contributed by atoms with Crippen LogP contribution in [-0.2, 0) is 10.0 Å². The Labute approximate surface area is 154 Å². The number of aryl methyl sites for hydroxylation is 1. The van der Waals surface area contributed by atoms with Gasteiger partial charge >= 0.3 is 0 Å². The molecule has 2 aromatic rings. The molecule has 1 aromatic carbocycles. The summed E-state index contributed by atoms with van der Waals surface area (Å²) in [5.74, 6) is 0.317. The Hall–Kier alpha value is -2.15. The predicted octanol–water partition coefficient (Wildman–Crippen LogP) is 4.46. The number of anilines is 2. The normalized spacial score (nSPS) is 16.1. The maximum absolute atomic E-state index is 13.3. The minimum absolute atomic E-state index is 0.0251. The van der Waals surface area contributed by atoms with Gasteiger partial charge in [-0.15, -0.1) is 0 Å². The number of rotatable bonds is 5. The van der Waals surface area contributed by atoms with E-state index in [1.807, 2.05) is 0 Å². The number of sulfonamides is 1. The Morgan fingerprint density at radius 2 is 1.81 bits per heavy atom. The highest BCUT2D eigenvalue weighted by molar-refractivity contribution is 7.92. The minimum atomic E-state index is -3.77. The van der Waals surface area contributed by atoms with E-state index >= 15 is 0 Å². The van der Waals surface area contributed by atoms with Crippen molar-refractivity contribution in [1.82, 2.24) is 4.98 Å². The zero-order valence-corrected chi connectivity index (χ0v) is 15.7. The average molecular weight is 377 g/mol. The number of hydrogen-bond acceptors (Lipinski definition) is 4. The van der Waals surface area contributed by atoms with Gasteiger partial charge < -0.3 is 5.32 Å². The van der Waals surface area contributed by atoms with Gasteiger partial charge in [0.15, 0.2) is 0 Å². The summed E-state index contributed by atoms with van der Waals surface area (Å²) in [5, 5.41) is 3.43. The first kappa shape index (κ1) is 18.6. The van der Waals surface area contributed by atoms with Crippen molar-refractivity contribution in [3.8, 4) is 0 Å². The molecule has 0 amide bonds. The second-order valence-corrected chi connectivity index (χ2v) is 8.46. The Balaban J connectivity index is 1.67. The molecular weight excluding hydrogens is 353 g/mol. The second kappa shape index (κ2) is 8.03. The molecule has 0 unspecified atom stereocenters. The highest BCUT2D eigenvalue weighted by atomic mass is 32.2. The van der Waals surface area contributed by atoms with Crippen molar-refractivity contribution in [2.45, 2.75) is 56.4 Å². The molecule has 3 rings (SSSR count). The van der Waals surface area contributed by atoms with Crippen LogP contribution < -0.4 is 10.0 Å². The monoisotopic (exact) mass is 377 g/mol. The third kappa shape index (κ3) is 4.72. The fraction of sp³-hybridized carbons (Fsp3) is 0.421. The van der Waals surface area contributed by atoms with Crippen LogP contribution in [0.4, 0.5) is 15.9 Å². The van der Waals surface area contributed by atoms with Crippen molar-refractivity contribution in [3.05, 3.63) is 47.9 Å². The lowest BCUT2D eigenvalue weighted by molar-refractivity contribution is 0.598. The molecule has 1 saturated carbocycles. The fourth-order valence-electron chi connectivity index (χ4n) is 3.17. The minimum Gasteiger partial charge on any atom is -0.367 e. The maximum atomic E-state index is 13.3. The van der Waals surface area contributed by atoms with Crippen molar-refractivity contribution >= 4 is 21.5 Å². The summed E-state index contributed by atoms with van der Waals surface area (Å²) in [7, 11) is -3.77. The molecule has 5 nitrogen and oxygen atoms in total. The molecule has 1 aliphatic carbocycles. The van der Waals surface area contributed by atoms with Gasteiger partial charge in [-0.1, -0.05) is 25.7 Å². The molecule has 0 spiro atoms. The molecule has 7 heteroatoms. The smallest absolute Gasteiger partial charge is 0.261 e. The van der Waals surface area contributed by atoms with Crippen LogP contribution in [0.1, 0.15) is 44.1 Å². The van der Waals surface area contributed by atoms with E-state index in [1.165, 1.54) is 50.9 Å². The highest BCUT2D eigenvalue weighted by Gasteiger charge is 2.16. The molecule has 26 heavy (non-hydrogen) atoms. The predicted molar refractivity (Wildman–Crippen MR) is 101 cm³/mol. The van der Waals surface area contributed by atoms with Crippen molar-refractivity contribution in [3.63, 3.8) is 0 Å². The molecule has 1 aliphatic rings. The van der Waals surface area contributed by atoms with Gasteiger partial charge in [0, 0.05) is 6.04 Å². The molecule has 0 aliphatic heterocycles. The van der Waals surface area contributed by atoms with Gasteiger partial charge in [-0.25, -0.2) is 17.8 Å². The van der Waals surface area contributed by atoms with Crippen molar-refractivity contribution in [1.29, 1.82) is 0 Å². The van der Waals surface area contributed by atoms with Gasteiger partial charge in [0.1, 0.15) is 11.6 Å². The molecular formula is C19H24FN3O2S. The zero-order chi connectivity index (χ0) is 18.6. The first-order chi connectivity index (χ1) is 12.4.